The van der Waals surface area contributed by atoms with Gasteiger partial charge in [0.05, 0.1) is 5.69 Å². The number of hydrogen-bond acceptors (Lipinski definition) is 1. The first kappa shape index (κ1) is 23.1. The quantitative estimate of drug-likeness (QED) is 0.373. The fourth-order valence-corrected chi connectivity index (χ4v) is 4.56. The number of para-hydroxylation sites is 1. The van der Waals surface area contributed by atoms with Crippen molar-refractivity contribution in [3.8, 4) is 0 Å². The summed E-state index contributed by atoms with van der Waals surface area (Å²) < 4.78 is 0. The maximum atomic E-state index is 2.45. The average molecular weight is 414 g/mol. The molecule has 0 N–H and O–H groups in total. The SMILES string of the molecule is CCCCC(C)(C)c1ccc(N(c2cc(C)c(C)cc2C)c2c(C)cccc2C)cc1. The van der Waals surface area contributed by atoms with Crippen molar-refractivity contribution >= 4 is 17.1 Å². The van der Waals surface area contributed by atoms with E-state index in [0.717, 1.165) is 0 Å². The molecule has 0 radical (unpaired) electrons. The first-order chi connectivity index (χ1) is 14.7. The Bertz CT molecular complexity index is 1020. The predicted molar refractivity (Wildman–Crippen MR) is 137 cm³/mol. The minimum Gasteiger partial charge on any atom is -0.310 e. The van der Waals surface area contributed by atoms with Crippen molar-refractivity contribution in [1.82, 2.24) is 0 Å². The van der Waals surface area contributed by atoms with Gasteiger partial charge in [0.1, 0.15) is 0 Å². The second kappa shape index (κ2) is 9.30. The highest BCUT2D eigenvalue weighted by atomic mass is 15.1. The minimum atomic E-state index is 0.203. The van der Waals surface area contributed by atoms with Gasteiger partial charge < -0.3 is 4.90 Å². The van der Waals surface area contributed by atoms with E-state index in [1.807, 2.05) is 0 Å². The summed E-state index contributed by atoms with van der Waals surface area (Å²) in [6.45, 7) is 18.1. The number of benzene rings is 3. The summed E-state index contributed by atoms with van der Waals surface area (Å²) in [6, 6.07) is 20.5. The third-order valence-electron chi connectivity index (χ3n) is 6.78. The van der Waals surface area contributed by atoms with Gasteiger partial charge in [-0.2, -0.15) is 0 Å². The second-order valence-electron chi connectivity index (χ2n) is 9.83. The zero-order valence-electron chi connectivity index (χ0n) is 20.8. The minimum absolute atomic E-state index is 0.203. The van der Waals surface area contributed by atoms with Gasteiger partial charge in [0, 0.05) is 11.4 Å². The van der Waals surface area contributed by atoms with Gasteiger partial charge in [-0.05, 0) is 98.0 Å². The molecule has 3 rings (SSSR count). The Balaban J connectivity index is 2.16. The van der Waals surface area contributed by atoms with Crippen molar-refractivity contribution in [3.63, 3.8) is 0 Å². The lowest BCUT2D eigenvalue weighted by molar-refractivity contribution is 0.458. The molecule has 0 spiro atoms. The lowest BCUT2D eigenvalue weighted by Gasteiger charge is -2.32. The molecule has 0 saturated heterocycles. The van der Waals surface area contributed by atoms with Gasteiger partial charge in [-0.1, -0.05) is 70.0 Å². The fraction of sp³-hybridized carbons (Fsp3) is 0.400. The highest BCUT2D eigenvalue weighted by molar-refractivity contribution is 5.82. The zero-order valence-corrected chi connectivity index (χ0v) is 20.8. The van der Waals surface area contributed by atoms with Crippen LogP contribution in [0.25, 0.3) is 0 Å². The monoisotopic (exact) mass is 413 g/mol. The standard InChI is InChI=1S/C30H39N/c1-9-10-18-30(7,8)26-14-16-27(17-15-26)31(29-21(2)12-11-13-22(29)3)28-20-24(5)23(4)19-25(28)6/h11-17,19-20H,9-10,18H2,1-8H3. The van der Waals surface area contributed by atoms with Crippen LogP contribution in [0.2, 0.25) is 0 Å². The summed E-state index contributed by atoms with van der Waals surface area (Å²) >= 11 is 0. The molecule has 164 valence electrons. The smallest absolute Gasteiger partial charge is 0.0520 e. The maximum absolute atomic E-state index is 2.45. The molecule has 3 aromatic rings. The van der Waals surface area contributed by atoms with E-state index in [1.54, 1.807) is 0 Å². The first-order valence-electron chi connectivity index (χ1n) is 11.7. The van der Waals surface area contributed by atoms with Crippen LogP contribution in [0.4, 0.5) is 17.1 Å². The molecule has 0 aromatic heterocycles. The molecular weight excluding hydrogens is 374 g/mol. The van der Waals surface area contributed by atoms with Crippen molar-refractivity contribution in [1.29, 1.82) is 0 Å². The summed E-state index contributed by atoms with van der Waals surface area (Å²) in [6.07, 6.45) is 3.73. The van der Waals surface area contributed by atoms with Crippen LogP contribution in [-0.4, -0.2) is 0 Å². The van der Waals surface area contributed by atoms with Gasteiger partial charge in [0.2, 0.25) is 0 Å². The van der Waals surface area contributed by atoms with E-state index in [4.69, 9.17) is 0 Å². The Hall–Kier alpha value is -2.54. The number of rotatable bonds is 7. The molecule has 0 bridgehead atoms. The van der Waals surface area contributed by atoms with Crippen LogP contribution in [0.5, 0.6) is 0 Å². The summed E-state index contributed by atoms with van der Waals surface area (Å²) in [5.74, 6) is 0. The molecule has 1 nitrogen and oxygen atoms in total. The summed E-state index contributed by atoms with van der Waals surface area (Å²) in [7, 11) is 0. The number of nitrogens with zero attached hydrogens (tertiary/aromatic N) is 1. The molecule has 1 heteroatoms. The molecular formula is C30H39N. The molecule has 0 aliphatic carbocycles. The average Bonchev–Trinajstić information content (AvgIpc) is 2.72. The third kappa shape index (κ3) is 4.87. The molecule has 0 aliphatic heterocycles. The van der Waals surface area contributed by atoms with Crippen molar-refractivity contribution in [2.45, 2.75) is 80.1 Å². The highest BCUT2D eigenvalue weighted by Gasteiger charge is 2.22. The van der Waals surface area contributed by atoms with Crippen LogP contribution in [0.15, 0.2) is 54.6 Å². The number of anilines is 3. The Kier molecular flexibility index (Phi) is 6.94. The summed E-state index contributed by atoms with van der Waals surface area (Å²) in [5.41, 5.74) is 12.0. The number of hydrogen-bond donors (Lipinski definition) is 0. The fourth-order valence-electron chi connectivity index (χ4n) is 4.56. The highest BCUT2D eigenvalue weighted by Crippen LogP contribution is 2.41. The van der Waals surface area contributed by atoms with Crippen LogP contribution in [0.1, 0.15) is 73.4 Å². The maximum Gasteiger partial charge on any atom is 0.0520 e. The molecule has 0 saturated carbocycles. The van der Waals surface area contributed by atoms with E-state index in [9.17, 15) is 0 Å². The summed E-state index contributed by atoms with van der Waals surface area (Å²) in [4.78, 5) is 2.45. The van der Waals surface area contributed by atoms with Gasteiger partial charge in [0.15, 0.2) is 0 Å². The van der Waals surface area contributed by atoms with Gasteiger partial charge in [0.25, 0.3) is 0 Å². The van der Waals surface area contributed by atoms with Crippen LogP contribution < -0.4 is 4.90 Å². The molecule has 0 heterocycles. The Labute approximate surface area is 190 Å². The molecule has 0 unspecified atom stereocenters. The van der Waals surface area contributed by atoms with Gasteiger partial charge >= 0.3 is 0 Å². The van der Waals surface area contributed by atoms with Crippen molar-refractivity contribution in [3.05, 3.63) is 88.0 Å². The van der Waals surface area contributed by atoms with E-state index in [2.05, 4.69) is 115 Å². The van der Waals surface area contributed by atoms with E-state index in [0.29, 0.717) is 0 Å². The predicted octanol–water partition coefficient (Wildman–Crippen LogP) is 9.17. The van der Waals surface area contributed by atoms with Gasteiger partial charge in [-0.25, -0.2) is 0 Å². The van der Waals surface area contributed by atoms with Crippen LogP contribution in [-0.2, 0) is 5.41 Å². The zero-order chi connectivity index (χ0) is 22.8. The van der Waals surface area contributed by atoms with E-state index < -0.39 is 0 Å². The van der Waals surface area contributed by atoms with Crippen molar-refractivity contribution in [2.75, 3.05) is 4.90 Å². The lowest BCUT2D eigenvalue weighted by Crippen LogP contribution is -2.18. The van der Waals surface area contributed by atoms with Crippen LogP contribution in [0.3, 0.4) is 0 Å². The lowest BCUT2D eigenvalue weighted by atomic mass is 9.80. The number of aryl methyl sites for hydroxylation is 5. The molecule has 0 amide bonds. The molecule has 3 aromatic carbocycles. The normalized spacial score (nSPS) is 11.6. The summed E-state index contributed by atoms with van der Waals surface area (Å²) in [5, 5.41) is 0. The molecule has 0 atom stereocenters. The van der Waals surface area contributed by atoms with E-state index in [1.165, 1.54) is 69.7 Å². The van der Waals surface area contributed by atoms with Crippen molar-refractivity contribution < 1.29 is 0 Å². The topological polar surface area (TPSA) is 3.24 Å². The molecule has 0 aliphatic rings. The Morgan fingerprint density at radius 2 is 1.29 bits per heavy atom. The van der Waals surface area contributed by atoms with Gasteiger partial charge in [-0.3, -0.25) is 0 Å². The Morgan fingerprint density at radius 1 is 0.710 bits per heavy atom. The van der Waals surface area contributed by atoms with Crippen molar-refractivity contribution in [2.24, 2.45) is 0 Å². The third-order valence-corrected chi connectivity index (χ3v) is 6.78. The first-order valence-corrected chi connectivity index (χ1v) is 11.7. The van der Waals surface area contributed by atoms with Crippen LogP contribution in [0, 0.1) is 34.6 Å². The van der Waals surface area contributed by atoms with Crippen LogP contribution >= 0.6 is 0 Å². The molecule has 0 fully saturated rings. The van der Waals surface area contributed by atoms with E-state index >= 15 is 0 Å². The van der Waals surface area contributed by atoms with Gasteiger partial charge in [-0.15, -0.1) is 0 Å². The number of unbranched alkanes of at least 4 members (excludes halogenated alkanes) is 1. The Morgan fingerprint density at radius 3 is 1.87 bits per heavy atom. The second-order valence-corrected chi connectivity index (χ2v) is 9.83. The largest absolute Gasteiger partial charge is 0.310 e. The van der Waals surface area contributed by atoms with E-state index in [-0.39, 0.29) is 5.41 Å². The molecule has 31 heavy (non-hydrogen) atoms.